The van der Waals surface area contributed by atoms with Gasteiger partial charge in [0.25, 0.3) is 0 Å². The quantitative estimate of drug-likeness (QED) is 0.728. The maximum Gasteiger partial charge on any atom is 0.410 e. The number of amides is 1. The lowest BCUT2D eigenvalue weighted by atomic mass is 9.90. The van der Waals surface area contributed by atoms with Gasteiger partial charge in [-0.1, -0.05) is 37.3 Å². The van der Waals surface area contributed by atoms with Crippen molar-refractivity contribution in [1.29, 1.82) is 0 Å². The van der Waals surface area contributed by atoms with Gasteiger partial charge < -0.3 is 9.64 Å². The molecule has 30 heavy (non-hydrogen) atoms. The average Bonchev–Trinajstić information content (AvgIpc) is 3.45. The lowest BCUT2D eigenvalue weighted by Crippen LogP contribution is -2.46. The normalized spacial score (nSPS) is 22.5. The van der Waals surface area contributed by atoms with Crippen molar-refractivity contribution in [2.45, 2.75) is 56.6 Å². The average molecular weight is 409 g/mol. The van der Waals surface area contributed by atoms with Crippen molar-refractivity contribution in [3.63, 3.8) is 0 Å². The Morgan fingerprint density at radius 1 is 1.20 bits per heavy atom. The molecule has 0 N–H and O–H groups in total. The second kappa shape index (κ2) is 7.73. The second-order valence-corrected chi connectivity index (χ2v) is 9.47. The Morgan fingerprint density at radius 3 is 2.63 bits per heavy atom. The fourth-order valence-corrected chi connectivity index (χ4v) is 5.17. The number of rotatable bonds is 6. The molecule has 1 unspecified atom stereocenters. The van der Waals surface area contributed by atoms with Crippen LogP contribution in [0.5, 0.6) is 0 Å². The number of hydrogen-bond donors (Lipinski definition) is 0. The minimum atomic E-state index is -0.307. The number of aryl methyl sites for hydroxylation is 1. The van der Waals surface area contributed by atoms with Gasteiger partial charge in [0.05, 0.1) is 12.7 Å². The molecular weight excluding hydrogens is 376 g/mol. The molecule has 2 aromatic rings. The third-order valence-electron chi connectivity index (χ3n) is 7.09. The summed E-state index contributed by atoms with van der Waals surface area (Å²) in [7, 11) is 2.06. The molecule has 5 rings (SSSR count). The first-order valence-electron chi connectivity index (χ1n) is 11.3. The summed E-state index contributed by atoms with van der Waals surface area (Å²) in [5, 5.41) is 4.50. The molecule has 1 spiro atoms. The number of hydrogen-bond acceptors (Lipinski definition) is 4. The first kappa shape index (κ1) is 19.6. The summed E-state index contributed by atoms with van der Waals surface area (Å²) in [5.41, 5.74) is 3.75. The van der Waals surface area contributed by atoms with Crippen LogP contribution in [0, 0.1) is 0 Å². The van der Waals surface area contributed by atoms with Crippen LogP contribution in [0.25, 0.3) is 0 Å². The van der Waals surface area contributed by atoms with E-state index in [-0.39, 0.29) is 11.7 Å². The van der Waals surface area contributed by atoms with Crippen LogP contribution < -0.4 is 0 Å². The number of aromatic nitrogens is 2. The monoisotopic (exact) mass is 408 g/mol. The molecule has 3 heterocycles. The molecule has 0 radical (unpaired) electrons. The van der Waals surface area contributed by atoms with Crippen molar-refractivity contribution in [3.05, 3.63) is 53.3 Å². The molecule has 1 aromatic heterocycles. The molecule has 1 atom stereocenters. The predicted octanol–water partition coefficient (Wildman–Crippen LogP) is 3.89. The molecule has 1 saturated carbocycles. The summed E-state index contributed by atoms with van der Waals surface area (Å²) in [6.45, 7) is 6.51. The number of nitrogens with zero attached hydrogens (tertiary/aromatic N) is 4. The Morgan fingerprint density at radius 2 is 1.93 bits per heavy atom. The van der Waals surface area contributed by atoms with E-state index < -0.39 is 0 Å². The highest BCUT2D eigenvalue weighted by atomic mass is 16.6. The highest BCUT2D eigenvalue weighted by Crippen LogP contribution is 2.42. The summed E-state index contributed by atoms with van der Waals surface area (Å²) >= 11 is 0. The van der Waals surface area contributed by atoms with Crippen LogP contribution in [0.2, 0.25) is 0 Å². The van der Waals surface area contributed by atoms with Crippen LogP contribution >= 0.6 is 0 Å². The van der Waals surface area contributed by atoms with Crippen LogP contribution in [0.3, 0.4) is 0 Å². The van der Waals surface area contributed by atoms with Crippen LogP contribution in [0.4, 0.5) is 4.79 Å². The molecule has 2 aliphatic heterocycles. The van der Waals surface area contributed by atoms with E-state index in [1.54, 1.807) is 0 Å². The molecule has 1 aliphatic carbocycles. The topological polar surface area (TPSA) is 50.6 Å². The zero-order valence-electron chi connectivity index (χ0n) is 18.1. The molecule has 1 aromatic carbocycles. The third kappa shape index (κ3) is 3.85. The van der Waals surface area contributed by atoms with Gasteiger partial charge in [-0.15, -0.1) is 0 Å². The van der Waals surface area contributed by atoms with Gasteiger partial charge in [-0.05, 0) is 24.3 Å². The van der Waals surface area contributed by atoms with Crippen LogP contribution in [0.1, 0.15) is 61.3 Å². The second-order valence-electron chi connectivity index (χ2n) is 9.47. The van der Waals surface area contributed by atoms with Gasteiger partial charge in [-0.3, -0.25) is 9.58 Å². The number of carbonyl (C=O) groups excluding carboxylic acids is 1. The molecule has 3 fully saturated rings. The van der Waals surface area contributed by atoms with Crippen molar-refractivity contribution < 1.29 is 9.53 Å². The Hall–Kier alpha value is -2.34. The van der Waals surface area contributed by atoms with E-state index in [4.69, 9.17) is 4.74 Å². The zero-order valence-corrected chi connectivity index (χ0v) is 18.1. The summed E-state index contributed by atoms with van der Waals surface area (Å²) in [5.74, 6) is 1.01. The van der Waals surface area contributed by atoms with Crippen molar-refractivity contribution in [1.82, 2.24) is 19.6 Å². The maximum atomic E-state index is 12.6. The van der Waals surface area contributed by atoms with E-state index in [9.17, 15) is 4.79 Å². The fourth-order valence-electron chi connectivity index (χ4n) is 5.17. The van der Waals surface area contributed by atoms with Crippen LogP contribution in [-0.4, -0.2) is 57.5 Å². The molecule has 3 aliphatic rings. The Labute approximate surface area is 178 Å². The predicted molar refractivity (Wildman–Crippen MR) is 115 cm³/mol. The molecule has 160 valence electrons. The van der Waals surface area contributed by atoms with Crippen molar-refractivity contribution in [3.8, 4) is 0 Å². The largest absolute Gasteiger partial charge is 0.441 e. The summed E-state index contributed by atoms with van der Waals surface area (Å²) in [4.78, 5) is 17.0. The van der Waals surface area contributed by atoms with Gasteiger partial charge in [-0.25, -0.2) is 4.79 Å². The molecule has 6 nitrogen and oxygen atoms in total. The van der Waals surface area contributed by atoms with Gasteiger partial charge in [0.1, 0.15) is 5.60 Å². The van der Waals surface area contributed by atoms with Gasteiger partial charge in [0, 0.05) is 63.2 Å². The highest BCUT2D eigenvalue weighted by Gasteiger charge is 2.47. The maximum absolute atomic E-state index is 12.6. The summed E-state index contributed by atoms with van der Waals surface area (Å²) in [6, 6.07) is 10.4. The number of carbonyl (C=O) groups is 1. The molecule has 6 heteroatoms. The molecular formula is C24H32N4O2. The number of likely N-dealkylation sites (tertiary alicyclic amines) is 1. The Kier molecular flexibility index (Phi) is 5.05. The van der Waals surface area contributed by atoms with E-state index in [2.05, 4.69) is 52.9 Å². The van der Waals surface area contributed by atoms with E-state index in [0.29, 0.717) is 11.8 Å². The molecule has 2 saturated heterocycles. The standard InChI is InChI=1S/C24H32N4O2/c1-18(19-6-4-3-5-7-19)15-28-17-24(30-23(28)29)10-12-27(13-11-24)16-21-14-25-26(2)22(21)20-8-9-20/h3-7,14,18,20H,8-13,15-17H2,1-2H3. The minimum absolute atomic E-state index is 0.144. The van der Waals surface area contributed by atoms with E-state index in [1.165, 1.54) is 29.7 Å². The lowest BCUT2D eigenvalue weighted by molar-refractivity contribution is -0.00130. The van der Waals surface area contributed by atoms with Crippen molar-refractivity contribution in [2.75, 3.05) is 26.2 Å². The fraction of sp³-hybridized carbons (Fsp3) is 0.583. The van der Waals surface area contributed by atoms with Gasteiger partial charge in [0.2, 0.25) is 0 Å². The summed E-state index contributed by atoms with van der Waals surface area (Å²) in [6.07, 6.45) is 6.31. The van der Waals surface area contributed by atoms with Crippen LogP contribution in [0.15, 0.2) is 36.5 Å². The smallest absolute Gasteiger partial charge is 0.410 e. The first-order valence-corrected chi connectivity index (χ1v) is 11.3. The molecule has 0 bridgehead atoms. The minimum Gasteiger partial charge on any atom is -0.441 e. The van der Waals surface area contributed by atoms with E-state index >= 15 is 0 Å². The lowest BCUT2D eigenvalue weighted by Gasteiger charge is -2.37. The highest BCUT2D eigenvalue weighted by molar-refractivity contribution is 5.71. The van der Waals surface area contributed by atoms with Gasteiger partial charge >= 0.3 is 6.09 Å². The zero-order chi connectivity index (χ0) is 20.7. The number of piperidine rings is 1. The van der Waals surface area contributed by atoms with Crippen molar-refractivity contribution in [2.24, 2.45) is 7.05 Å². The van der Waals surface area contributed by atoms with E-state index in [1.807, 2.05) is 17.2 Å². The number of benzene rings is 1. The van der Waals surface area contributed by atoms with Crippen molar-refractivity contribution >= 4 is 6.09 Å². The first-order chi connectivity index (χ1) is 14.5. The SMILES string of the molecule is CC(CN1CC2(CCN(Cc3cnn(C)c3C3CC3)CC2)OC1=O)c1ccccc1. The third-order valence-corrected chi connectivity index (χ3v) is 7.09. The van der Waals surface area contributed by atoms with Gasteiger partial charge in [0.15, 0.2) is 0 Å². The summed E-state index contributed by atoms with van der Waals surface area (Å²) < 4.78 is 8.02. The number of ether oxygens (including phenoxy) is 1. The van der Waals surface area contributed by atoms with Gasteiger partial charge in [-0.2, -0.15) is 5.10 Å². The Balaban J connectivity index is 1.17. The van der Waals surface area contributed by atoms with E-state index in [0.717, 1.165) is 45.6 Å². The molecule has 1 amide bonds. The van der Waals surface area contributed by atoms with Crippen LogP contribution in [-0.2, 0) is 18.3 Å². The Bertz CT molecular complexity index is 897.